The van der Waals surface area contributed by atoms with Crippen molar-refractivity contribution in [3.8, 4) is 0 Å². The van der Waals surface area contributed by atoms with Crippen molar-refractivity contribution in [1.82, 2.24) is 10.2 Å². The molecule has 120 valence electrons. The first-order chi connectivity index (χ1) is 10.2. The van der Waals surface area contributed by atoms with Gasteiger partial charge in [0.1, 0.15) is 0 Å². The average Bonchev–Trinajstić information content (AvgIpc) is 2.86. The maximum atomic E-state index is 12.3. The molecule has 2 amide bonds. The lowest BCUT2D eigenvalue weighted by molar-refractivity contribution is -0.146. The van der Waals surface area contributed by atoms with Gasteiger partial charge in [0.15, 0.2) is 0 Å². The molecule has 0 aromatic heterocycles. The van der Waals surface area contributed by atoms with Gasteiger partial charge in [0, 0.05) is 13.1 Å². The van der Waals surface area contributed by atoms with Crippen LogP contribution in [0.15, 0.2) is 18.2 Å². The summed E-state index contributed by atoms with van der Waals surface area (Å²) in [5, 5.41) is 12.9. The zero-order valence-electron chi connectivity index (χ0n) is 12.4. The Morgan fingerprint density at radius 2 is 2.09 bits per heavy atom. The Labute approximate surface area is 139 Å². The van der Waals surface area contributed by atoms with E-state index in [0.717, 1.165) is 5.56 Å². The summed E-state index contributed by atoms with van der Waals surface area (Å²) in [6.45, 7) is 4.08. The summed E-state index contributed by atoms with van der Waals surface area (Å²) in [4.78, 5) is 25.0. The highest BCUT2D eigenvalue weighted by atomic mass is 35.5. The van der Waals surface area contributed by atoms with E-state index in [1.54, 1.807) is 25.1 Å². The second-order valence-electron chi connectivity index (χ2n) is 5.85. The van der Waals surface area contributed by atoms with Gasteiger partial charge >= 0.3 is 12.0 Å². The molecule has 1 aliphatic rings. The molecule has 2 atom stereocenters. The molecule has 0 radical (unpaired) electrons. The van der Waals surface area contributed by atoms with Crippen LogP contribution in [0.4, 0.5) is 4.79 Å². The first-order valence-electron chi connectivity index (χ1n) is 6.97. The maximum absolute atomic E-state index is 12.3. The summed E-state index contributed by atoms with van der Waals surface area (Å²) in [6.07, 6.45) is 0.446. The number of carbonyl (C=O) groups excluding carboxylic acids is 1. The van der Waals surface area contributed by atoms with Gasteiger partial charge in [0.05, 0.1) is 21.5 Å². The summed E-state index contributed by atoms with van der Waals surface area (Å²) in [7, 11) is 0. The molecule has 22 heavy (non-hydrogen) atoms. The van der Waals surface area contributed by atoms with E-state index < -0.39 is 11.4 Å². The molecule has 1 aromatic carbocycles. The molecule has 2 unspecified atom stereocenters. The quantitative estimate of drug-likeness (QED) is 0.880. The van der Waals surface area contributed by atoms with Crippen molar-refractivity contribution < 1.29 is 14.7 Å². The van der Waals surface area contributed by atoms with Crippen molar-refractivity contribution in [3.63, 3.8) is 0 Å². The normalized spacial score (nSPS) is 22.5. The molecule has 7 heteroatoms. The van der Waals surface area contributed by atoms with E-state index in [1.165, 1.54) is 4.90 Å². The monoisotopic (exact) mass is 344 g/mol. The number of aliphatic carboxylic acids is 1. The molecule has 0 aliphatic carbocycles. The third-order valence-electron chi connectivity index (χ3n) is 4.06. The summed E-state index contributed by atoms with van der Waals surface area (Å²) in [5.74, 6) is -0.881. The van der Waals surface area contributed by atoms with Crippen LogP contribution < -0.4 is 5.32 Å². The van der Waals surface area contributed by atoms with Crippen LogP contribution in [0.25, 0.3) is 0 Å². The highest BCUT2D eigenvalue weighted by Crippen LogP contribution is 2.32. The molecule has 0 spiro atoms. The second kappa shape index (κ2) is 6.34. The van der Waals surface area contributed by atoms with Gasteiger partial charge in [-0.15, -0.1) is 0 Å². The van der Waals surface area contributed by atoms with E-state index in [4.69, 9.17) is 23.2 Å². The van der Waals surface area contributed by atoms with Gasteiger partial charge in [-0.2, -0.15) is 0 Å². The van der Waals surface area contributed by atoms with Gasteiger partial charge in [-0.05, 0) is 31.9 Å². The first kappa shape index (κ1) is 16.9. The lowest BCUT2D eigenvalue weighted by atomic mass is 9.90. The highest BCUT2D eigenvalue weighted by molar-refractivity contribution is 6.42. The Morgan fingerprint density at radius 1 is 1.41 bits per heavy atom. The Kier molecular flexibility index (Phi) is 4.87. The van der Waals surface area contributed by atoms with Crippen LogP contribution in [-0.4, -0.2) is 35.1 Å². The van der Waals surface area contributed by atoms with Gasteiger partial charge in [-0.25, -0.2) is 4.79 Å². The SMILES string of the molecule is CC(NC(=O)N1CCC(C)(C(=O)O)C1)c1cccc(Cl)c1Cl. The number of hydrogen-bond acceptors (Lipinski definition) is 2. The van der Waals surface area contributed by atoms with E-state index in [-0.39, 0.29) is 18.6 Å². The molecule has 1 aliphatic heterocycles. The predicted molar refractivity (Wildman–Crippen MR) is 85.3 cm³/mol. The number of carboxylic acids is 1. The fraction of sp³-hybridized carbons (Fsp3) is 0.467. The molecular formula is C15H18Cl2N2O3. The van der Waals surface area contributed by atoms with Crippen LogP contribution in [0.1, 0.15) is 31.9 Å². The molecule has 2 rings (SSSR count). The van der Waals surface area contributed by atoms with Crippen molar-refractivity contribution in [2.45, 2.75) is 26.3 Å². The van der Waals surface area contributed by atoms with E-state index in [1.807, 2.05) is 6.92 Å². The van der Waals surface area contributed by atoms with Crippen LogP contribution >= 0.6 is 23.2 Å². The molecule has 5 nitrogen and oxygen atoms in total. The Hall–Kier alpha value is -1.46. The number of urea groups is 1. The van der Waals surface area contributed by atoms with Gasteiger partial charge in [-0.3, -0.25) is 4.79 Å². The molecule has 0 bridgehead atoms. The Bertz CT molecular complexity index is 608. The topological polar surface area (TPSA) is 69.6 Å². The molecule has 1 fully saturated rings. The minimum Gasteiger partial charge on any atom is -0.481 e. The minimum absolute atomic E-state index is 0.199. The fourth-order valence-corrected chi connectivity index (χ4v) is 2.99. The van der Waals surface area contributed by atoms with E-state index in [9.17, 15) is 14.7 Å². The van der Waals surface area contributed by atoms with Crippen molar-refractivity contribution in [3.05, 3.63) is 33.8 Å². The second-order valence-corrected chi connectivity index (χ2v) is 6.64. The van der Waals surface area contributed by atoms with E-state index in [2.05, 4.69) is 5.32 Å². The standard InChI is InChI=1S/C15H18Cl2N2O3/c1-9(10-4-3-5-11(16)12(10)17)18-14(22)19-7-6-15(2,8-19)13(20)21/h3-5,9H,6-8H2,1-2H3,(H,18,22)(H,20,21). The fourth-order valence-electron chi connectivity index (χ4n) is 2.52. The number of amides is 2. The Balaban J connectivity index is 2.04. The van der Waals surface area contributed by atoms with Crippen LogP contribution in [0, 0.1) is 5.41 Å². The predicted octanol–water partition coefficient (Wildman–Crippen LogP) is 3.56. The zero-order valence-corrected chi connectivity index (χ0v) is 13.9. The summed E-state index contributed by atoms with van der Waals surface area (Å²) >= 11 is 12.1. The van der Waals surface area contributed by atoms with Crippen LogP contribution in [-0.2, 0) is 4.79 Å². The minimum atomic E-state index is -0.881. The number of hydrogen-bond donors (Lipinski definition) is 2. The van der Waals surface area contributed by atoms with Crippen molar-refractivity contribution >= 4 is 35.2 Å². The van der Waals surface area contributed by atoms with Crippen molar-refractivity contribution in [1.29, 1.82) is 0 Å². The van der Waals surface area contributed by atoms with Crippen molar-refractivity contribution in [2.75, 3.05) is 13.1 Å². The highest BCUT2D eigenvalue weighted by Gasteiger charge is 2.42. The number of likely N-dealkylation sites (tertiary alicyclic amines) is 1. The van der Waals surface area contributed by atoms with E-state index in [0.29, 0.717) is 23.0 Å². The van der Waals surface area contributed by atoms with Gasteiger partial charge in [-0.1, -0.05) is 35.3 Å². The summed E-state index contributed by atoms with van der Waals surface area (Å²) < 4.78 is 0. The van der Waals surface area contributed by atoms with Gasteiger partial charge in [0.25, 0.3) is 0 Å². The number of benzene rings is 1. The number of halogens is 2. The smallest absolute Gasteiger partial charge is 0.317 e. The number of nitrogens with one attached hydrogen (secondary N) is 1. The van der Waals surface area contributed by atoms with Crippen molar-refractivity contribution in [2.24, 2.45) is 5.41 Å². The Morgan fingerprint density at radius 3 is 2.68 bits per heavy atom. The van der Waals surface area contributed by atoms with Gasteiger partial charge < -0.3 is 15.3 Å². The van der Waals surface area contributed by atoms with Crippen LogP contribution in [0.2, 0.25) is 10.0 Å². The van der Waals surface area contributed by atoms with E-state index >= 15 is 0 Å². The molecule has 1 saturated heterocycles. The lowest BCUT2D eigenvalue weighted by Gasteiger charge is -2.23. The lowest BCUT2D eigenvalue weighted by Crippen LogP contribution is -2.41. The molecule has 0 saturated carbocycles. The molecule has 2 N–H and O–H groups in total. The number of nitrogens with zero attached hydrogens (tertiary/aromatic N) is 1. The molecule has 1 heterocycles. The zero-order chi connectivity index (χ0) is 16.5. The summed E-state index contributed by atoms with van der Waals surface area (Å²) in [5.41, 5.74) is -0.156. The largest absolute Gasteiger partial charge is 0.481 e. The third kappa shape index (κ3) is 3.31. The first-order valence-corrected chi connectivity index (χ1v) is 7.73. The third-order valence-corrected chi connectivity index (χ3v) is 4.90. The summed E-state index contributed by atoms with van der Waals surface area (Å²) in [6, 6.07) is 4.62. The molecule has 1 aromatic rings. The van der Waals surface area contributed by atoms with Crippen LogP contribution in [0.3, 0.4) is 0 Å². The van der Waals surface area contributed by atoms with Crippen LogP contribution in [0.5, 0.6) is 0 Å². The average molecular weight is 345 g/mol. The number of carbonyl (C=O) groups is 2. The maximum Gasteiger partial charge on any atom is 0.317 e. The van der Waals surface area contributed by atoms with Gasteiger partial charge in [0.2, 0.25) is 0 Å². The number of carboxylic acid groups (broad SMARTS) is 1. The molecular weight excluding hydrogens is 327 g/mol. The number of rotatable bonds is 3.